The molecule has 5 nitrogen and oxygen atoms in total. The SMILES string of the molecule is Cc1cc(C)c(NC(=O)c2ccc(S(=O)(=O)N3CCC[C@@H](C)C3)cc2)c(C)c1. The van der Waals surface area contributed by atoms with Crippen LogP contribution in [0.3, 0.4) is 0 Å². The zero-order chi connectivity index (χ0) is 20.5. The van der Waals surface area contributed by atoms with E-state index < -0.39 is 10.0 Å². The molecule has 0 spiro atoms. The van der Waals surface area contributed by atoms with E-state index in [2.05, 4.69) is 12.2 Å². The van der Waals surface area contributed by atoms with Gasteiger partial charge in [-0.15, -0.1) is 0 Å². The predicted molar refractivity (Wildman–Crippen MR) is 112 cm³/mol. The Kier molecular flexibility index (Phi) is 5.91. The molecule has 0 unspecified atom stereocenters. The van der Waals surface area contributed by atoms with Crippen LogP contribution in [-0.4, -0.2) is 31.7 Å². The Labute approximate surface area is 167 Å². The molecular formula is C22H28N2O3S. The number of benzene rings is 2. The number of aryl methyl sites for hydroxylation is 3. The number of carbonyl (C=O) groups excluding carboxylic acids is 1. The van der Waals surface area contributed by atoms with Gasteiger partial charge in [-0.05, 0) is 74.9 Å². The molecule has 0 bridgehead atoms. The van der Waals surface area contributed by atoms with Gasteiger partial charge in [-0.3, -0.25) is 4.79 Å². The number of hydrogen-bond acceptors (Lipinski definition) is 3. The highest BCUT2D eigenvalue weighted by Crippen LogP contribution is 2.25. The Bertz CT molecular complexity index is 958. The minimum Gasteiger partial charge on any atom is -0.322 e. The monoisotopic (exact) mass is 400 g/mol. The highest BCUT2D eigenvalue weighted by Gasteiger charge is 2.28. The lowest BCUT2D eigenvalue weighted by molar-refractivity contribution is 0.102. The van der Waals surface area contributed by atoms with Crippen molar-refractivity contribution >= 4 is 21.6 Å². The van der Waals surface area contributed by atoms with Crippen LogP contribution in [0.15, 0.2) is 41.3 Å². The number of carbonyl (C=O) groups is 1. The van der Waals surface area contributed by atoms with Gasteiger partial charge in [0.15, 0.2) is 0 Å². The summed E-state index contributed by atoms with van der Waals surface area (Å²) in [7, 11) is -3.51. The zero-order valence-electron chi connectivity index (χ0n) is 17.0. The molecule has 0 aliphatic carbocycles. The van der Waals surface area contributed by atoms with Crippen LogP contribution in [-0.2, 0) is 10.0 Å². The third-order valence-corrected chi connectivity index (χ3v) is 7.17. The molecule has 1 heterocycles. The molecule has 3 rings (SSSR count). The Balaban J connectivity index is 1.78. The average molecular weight is 401 g/mol. The van der Waals surface area contributed by atoms with Crippen LogP contribution in [0.1, 0.15) is 46.8 Å². The molecule has 1 N–H and O–H groups in total. The smallest absolute Gasteiger partial charge is 0.255 e. The first-order valence-corrected chi connectivity index (χ1v) is 11.1. The van der Waals surface area contributed by atoms with Crippen molar-refractivity contribution in [1.29, 1.82) is 0 Å². The number of sulfonamides is 1. The lowest BCUT2D eigenvalue weighted by Crippen LogP contribution is -2.39. The Morgan fingerprint density at radius 1 is 1.07 bits per heavy atom. The van der Waals surface area contributed by atoms with Crippen LogP contribution >= 0.6 is 0 Å². The molecule has 0 aromatic heterocycles. The zero-order valence-corrected chi connectivity index (χ0v) is 17.8. The molecule has 150 valence electrons. The molecule has 1 aliphatic heterocycles. The summed E-state index contributed by atoms with van der Waals surface area (Å²) in [6.07, 6.45) is 1.94. The van der Waals surface area contributed by atoms with E-state index in [9.17, 15) is 13.2 Å². The van der Waals surface area contributed by atoms with Crippen LogP contribution in [0.4, 0.5) is 5.69 Å². The van der Waals surface area contributed by atoms with E-state index in [1.165, 1.54) is 12.1 Å². The molecule has 2 aromatic carbocycles. The molecule has 1 aliphatic rings. The van der Waals surface area contributed by atoms with Crippen LogP contribution < -0.4 is 5.32 Å². The van der Waals surface area contributed by atoms with Crippen molar-refractivity contribution in [3.05, 3.63) is 58.7 Å². The van der Waals surface area contributed by atoms with Gasteiger partial charge in [-0.25, -0.2) is 8.42 Å². The molecule has 0 radical (unpaired) electrons. The molecule has 1 saturated heterocycles. The number of amides is 1. The molecular weight excluding hydrogens is 372 g/mol. The van der Waals surface area contributed by atoms with Gasteiger partial charge < -0.3 is 5.32 Å². The quantitative estimate of drug-likeness (QED) is 0.833. The highest BCUT2D eigenvalue weighted by molar-refractivity contribution is 7.89. The van der Waals surface area contributed by atoms with Gasteiger partial charge in [0.05, 0.1) is 4.90 Å². The average Bonchev–Trinajstić information content (AvgIpc) is 2.64. The first-order valence-electron chi connectivity index (χ1n) is 9.68. The number of hydrogen-bond donors (Lipinski definition) is 1. The molecule has 0 saturated carbocycles. The predicted octanol–water partition coefficient (Wildman–Crippen LogP) is 4.28. The van der Waals surface area contributed by atoms with E-state index in [-0.39, 0.29) is 10.8 Å². The van der Waals surface area contributed by atoms with Crippen LogP contribution in [0, 0.1) is 26.7 Å². The third-order valence-electron chi connectivity index (χ3n) is 5.29. The molecule has 1 atom stereocenters. The maximum atomic E-state index is 12.9. The normalized spacial score (nSPS) is 18.1. The second-order valence-corrected chi connectivity index (χ2v) is 9.80. The Hall–Kier alpha value is -2.18. The number of nitrogens with zero attached hydrogens (tertiary/aromatic N) is 1. The van der Waals surface area contributed by atoms with Gasteiger partial charge in [-0.1, -0.05) is 24.6 Å². The third kappa shape index (κ3) is 4.28. The van der Waals surface area contributed by atoms with Crippen molar-refractivity contribution in [2.45, 2.75) is 45.4 Å². The summed E-state index contributed by atoms with van der Waals surface area (Å²) in [6.45, 7) is 9.13. The van der Waals surface area contributed by atoms with Crippen molar-refractivity contribution in [3.8, 4) is 0 Å². The van der Waals surface area contributed by atoms with Gasteiger partial charge in [0.1, 0.15) is 0 Å². The second-order valence-electron chi connectivity index (χ2n) is 7.86. The fourth-order valence-electron chi connectivity index (χ4n) is 3.85. The topological polar surface area (TPSA) is 66.5 Å². The van der Waals surface area contributed by atoms with Crippen LogP contribution in [0.2, 0.25) is 0 Å². The summed E-state index contributed by atoms with van der Waals surface area (Å²) >= 11 is 0. The minimum atomic E-state index is -3.51. The van der Waals surface area contributed by atoms with Gasteiger partial charge in [0.25, 0.3) is 5.91 Å². The Morgan fingerprint density at radius 2 is 1.68 bits per heavy atom. The Morgan fingerprint density at radius 3 is 2.25 bits per heavy atom. The van der Waals surface area contributed by atoms with Crippen molar-refractivity contribution in [2.24, 2.45) is 5.92 Å². The minimum absolute atomic E-state index is 0.237. The van der Waals surface area contributed by atoms with Gasteiger partial charge >= 0.3 is 0 Å². The van der Waals surface area contributed by atoms with E-state index >= 15 is 0 Å². The van der Waals surface area contributed by atoms with E-state index in [1.807, 2.05) is 32.9 Å². The van der Waals surface area contributed by atoms with Gasteiger partial charge in [-0.2, -0.15) is 4.31 Å². The number of piperidine rings is 1. The summed E-state index contributed by atoms with van der Waals surface area (Å²) in [5.41, 5.74) is 4.39. The van der Waals surface area contributed by atoms with Gasteiger partial charge in [0, 0.05) is 24.3 Å². The fourth-order valence-corrected chi connectivity index (χ4v) is 5.45. The first-order chi connectivity index (χ1) is 13.2. The van der Waals surface area contributed by atoms with E-state index in [4.69, 9.17) is 0 Å². The van der Waals surface area contributed by atoms with Gasteiger partial charge in [0.2, 0.25) is 10.0 Å². The van der Waals surface area contributed by atoms with Crippen molar-refractivity contribution < 1.29 is 13.2 Å². The van der Waals surface area contributed by atoms with Crippen LogP contribution in [0.5, 0.6) is 0 Å². The largest absolute Gasteiger partial charge is 0.322 e. The van der Waals surface area contributed by atoms with E-state index in [0.29, 0.717) is 24.6 Å². The molecule has 28 heavy (non-hydrogen) atoms. The lowest BCUT2D eigenvalue weighted by atomic mass is 10.0. The maximum Gasteiger partial charge on any atom is 0.255 e. The van der Waals surface area contributed by atoms with Crippen molar-refractivity contribution in [3.63, 3.8) is 0 Å². The number of nitrogens with one attached hydrogen (secondary N) is 1. The highest BCUT2D eigenvalue weighted by atomic mass is 32.2. The first kappa shape index (κ1) is 20.6. The summed E-state index contributed by atoms with van der Waals surface area (Å²) in [4.78, 5) is 12.9. The summed E-state index contributed by atoms with van der Waals surface area (Å²) in [5.74, 6) is 0.125. The number of anilines is 1. The molecule has 1 fully saturated rings. The van der Waals surface area contributed by atoms with Crippen LogP contribution in [0.25, 0.3) is 0 Å². The number of rotatable bonds is 4. The summed E-state index contributed by atoms with van der Waals surface area (Å²) in [5, 5.41) is 2.95. The van der Waals surface area contributed by atoms with E-state index in [1.54, 1.807) is 16.4 Å². The van der Waals surface area contributed by atoms with Crippen molar-refractivity contribution in [1.82, 2.24) is 4.31 Å². The fraction of sp³-hybridized carbons (Fsp3) is 0.409. The summed E-state index contributed by atoms with van der Waals surface area (Å²) in [6, 6.07) is 10.3. The molecule has 2 aromatic rings. The molecule has 1 amide bonds. The standard InChI is InChI=1S/C22H28N2O3S/c1-15-6-5-11-24(14-15)28(26,27)20-9-7-19(8-10-20)22(25)23-21-17(3)12-16(2)13-18(21)4/h7-10,12-13,15H,5-6,11,14H2,1-4H3,(H,23,25)/t15-/m1/s1. The second kappa shape index (κ2) is 8.05. The lowest BCUT2D eigenvalue weighted by Gasteiger charge is -2.30. The van der Waals surface area contributed by atoms with E-state index in [0.717, 1.165) is 35.2 Å². The van der Waals surface area contributed by atoms with Crippen molar-refractivity contribution in [2.75, 3.05) is 18.4 Å². The molecule has 6 heteroatoms. The maximum absolute atomic E-state index is 12.9. The summed E-state index contributed by atoms with van der Waals surface area (Å²) < 4.78 is 27.3.